The summed E-state index contributed by atoms with van der Waals surface area (Å²) >= 11 is 0. The van der Waals surface area contributed by atoms with Gasteiger partial charge in [-0.05, 0) is 32.5 Å². The highest BCUT2D eigenvalue weighted by atomic mass is 16.5. The van der Waals surface area contributed by atoms with Crippen molar-refractivity contribution in [3.63, 3.8) is 0 Å². The van der Waals surface area contributed by atoms with Gasteiger partial charge >= 0.3 is 0 Å². The van der Waals surface area contributed by atoms with E-state index in [0.717, 1.165) is 23.5 Å². The topological polar surface area (TPSA) is 79.0 Å². The first-order valence-corrected chi connectivity index (χ1v) is 8.41. The van der Waals surface area contributed by atoms with Crippen molar-refractivity contribution in [2.45, 2.75) is 26.0 Å². The molecule has 1 saturated heterocycles. The number of aromatic nitrogens is 3. The lowest BCUT2D eigenvalue weighted by Gasteiger charge is -2.39. The Kier molecular flexibility index (Phi) is 5.02. The Morgan fingerprint density at radius 2 is 2.20 bits per heavy atom. The molecule has 0 amide bonds. The van der Waals surface area contributed by atoms with Gasteiger partial charge in [0.2, 0.25) is 0 Å². The van der Waals surface area contributed by atoms with Crippen LogP contribution in [0.5, 0.6) is 0 Å². The average molecular weight is 340 g/mol. The van der Waals surface area contributed by atoms with Crippen LogP contribution < -0.4 is 5.32 Å². The monoisotopic (exact) mass is 340 g/mol. The number of nitriles is 1. The third kappa shape index (κ3) is 3.50. The van der Waals surface area contributed by atoms with Crippen LogP contribution in [-0.4, -0.2) is 52.3 Å². The van der Waals surface area contributed by atoms with Crippen molar-refractivity contribution in [3.8, 4) is 6.07 Å². The van der Waals surface area contributed by atoms with Gasteiger partial charge in [-0.2, -0.15) is 5.26 Å². The number of likely N-dealkylation sites (N-methyl/N-ethyl adjacent to an activating group) is 1. The molecule has 0 spiro atoms. The lowest BCUT2D eigenvalue weighted by Crippen LogP contribution is -2.46. The zero-order chi connectivity index (χ0) is 18.0. The fourth-order valence-corrected chi connectivity index (χ4v) is 3.40. The maximum atomic E-state index is 9.43. The molecule has 0 aromatic carbocycles. The van der Waals surface area contributed by atoms with E-state index in [9.17, 15) is 5.26 Å². The van der Waals surface area contributed by atoms with E-state index in [2.05, 4.69) is 33.3 Å². The quantitative estimate of drug-likeness (QED) is 0.914. The predicted octanol–water partition coefficient (Wildman–Crippen LogP) is 1.79. The molecule has 0 radical (unpaired) electrons. The van der Waals surface area contributed by atoms with Gasteiger partial charge in [0.15, 0.2) is 0 Å². The van der Waals surface area contributed by atoms with Crippen LogP contribution in [0.1, 0.15) is 28.6 Å². The molecule has 1 aliphatic heterocycles. The van der Waals surface area contributed by atoms with E-state index in [1.54, 1.807) is 0 Å². The summed E-state index contributed by atoms with van der Waals surface area (Å²) in [7, 11) is 4.09. The summed E-state index contributed by atoms with van der Waals surface area (Å²) in [6, 6.07) is 4.27. The van der Waals surface area contributed by atoms with Gasteiger partial charge in [-0.1, -0.05) is 0 Å². The van der Waals surface area contributed by atoms with Crippen LogP contribution in [0.4, 0.5) is 5.82 Å². The van der Waals surface area contributed by atoms with Crippen LogP contribution in [-0.2, 0) is 11.8 Å². The minimum Gasteiger partial charge on any atom is -0.373 e. The molecule has 2 aromatic heterocycles. The molecule has 25 heavy (non-hydrogen) atoms. The fourth-order valence-electron chi connectivity index (χ4n) is 3.40. The first-order chi connectivity index (χ1) is 12.0. The average Bonchev–Trinajstić information content (AvgIpc) is 2.98. The molecule has 0 saturated carbocycles. The largest absolute Gasteiger partial charge is 0.373 e. The first kappa shape index (κ1) is 17.4. The van der Waals surface area contributed by atoms with E-state index in [4.69, 9.17) is 4.74 Å². The summed E-state index contributed by atoms with van der Waals surface area (Å²) in [5.74, 6) is 0.626. The van der Waals surface area contributed by atoms with Gasteiger partial charge in [0.05, 0.1) is 36.3 Å². The van der Waals surface area contributed by atoms with Gasteiger partial charge in [-0.25, -0.2) is 9.97 Å². The summed E-state index contributed by atoms with van der Waals surface area (Å²) in [5.41, 5.74) is 3.53. The number of ether oxygens (including phenoxy) is 1. The highest BCUT2D eigenvalue weighted by Crippen LogP contribution is 2.28. The minimum atomic E-state index is -0.0525. The van der Waals surface area contributed by atoms with E-state index in [0.29, 0.717) is 24.5 Å². The molecule has 0 unspecified atom stereocenters. The van der Waals surface area contributed by atoms with Gasteiger partial charge in [0, 0.05) is 32.0 Å². The molecule has 1 fully saturated rings. The van der Waals surface area contributed by atoms with Crippen LogP contribution in [0.3, 0.4) is 0 Å². The number of imidazole rings is 1. The van der Waals surface area contributed by atoms with Crippen LogP contribution in [0.25, 0.3) is 0 Å². The van der Waals surface area contributed by atoms with Crippen molar-refractivity contribution >= 4 is 5.82 Å². The second-order valence-corrected chi connectivity index (χ2v) is 6.56. The Morgan fingerprint density at radius 1 is 1.40 bits per heavy atom. The molecule has 3 heterocycles. The zero-order valence-corrected chi connectivity index (χ0v) is 15.2. The summed E-state index contributed by atoms with van der Waals surface area (Å²) in [5, 5.41) is 12.8. The molecule has 7 heteroatoms. The third-order valence-electron chi connectivity index (χ3n) is 4.69. The van der Waals surface area contributed by atoms with Crippen molar-refractivity contribution in [2.24, 2.45) is 7.05 Å². The number of morpholine rings is 1. The summed E-state index contributed by atoms with van der Waals surface area (Å²) < 4.78 is 8.07. The molecule has 0 bridgehead atoms. The van der Waals surface area contributed by atoms with Gasteiger partial charge < -0.3 is 14.6 Å². The van der Waals surface area contributed by atoms with Crippen molar-refractivity contribution < 1.29 is 4.74 Å². The van der Waals surface area contributed by atoms with Gasteiger partial charge in [0.25, 0.3) is 0 Å². The first-order valence-electron chi connectivity index (χ1n) is 8.41. The molecular formula is C18H24N6O. The third-order valence-corrected chi connectivity index (χ3v) is 4.69. The second-order valence-electron chi connectivity index (χ2n) is 6.56. The molecule has 2 aromatic rings. The standard InChI is InChI=1S/C18H24N6O/c1-12-7-13(2)22-18(14(12)8-19)21-10-16-17(23(3)5-6-25-16)15-9-20-11-24(15)4/h7,9,11,16-17H,5-6,10H2,1-4H3,(H,21,22)/t16-,17-/m0/s1. The molecule has 7 nitrogen and oxygen atoms in total. The van der Waals surface area contributed by atoms with Crippen LogP contribution in [0, 0.1) is 25.2 Å². The van der Waals surface area contributed by atoms with Crippen molar-refractivity contribution in [3.05, 3.63) is 41.1 Å². The number of nitrogens with one attached hydrogen (secondary N) is 1. The van der Waals surface area contributed by atoms with Crippen molar-refractivity contribution in [2.75, 3.05) is 32.1 Å². The second kappa shape index (κ2) is 7.21. The lowest BCUT2D eigenvalue weighted by atomic mass is 10.0. The Morgan fingerprint density at radius 3 is 2.88 bits per heavy atom. The SMILES string of the molecule is Cc1cc(C)c(C#N)c(NC[C@@H]2OCCN(C)[C@H]2c2cncn2C)n1. The van der Waals surface area contributed by atoms with E-state index >= 15 is 0 Å². The Labute approximate surface area is 148 Å². The molecule has 0 aliphatic carbocycles. The molecule has 1 aliphatic rings. The van der Waals surface area contributed by atoms with Gasteiger partial charge in [0.1, 0.15) is 11.9 Å². The number of hydrogen-bond donors (Lipinski definition) is 1. The van der Waals surface area contributed by atoms with Crippen molar-refractivity contribution in [1.29, 1.82) is 5.26 Å². The molecule has 1 N–H and O–H groups in total. The highest BCUT2D eigenvalue weighted by molar-refractivity contribution is 5.56. The van der Waals surface area contributed by atoms with Crippen LogP contribution in [0.2, 0.25) is 0 Å². The Bertz CT molecular complexity index is 793. The number of hydrogen-bond acceptors (Lipinski definition) is 6. The minimum absolute atomic E-state index is 0.0525. The number of nitrogens with zero attached hydrogens (tertiary/aromatic N) is 5. The zero-order valence-electron chi connectivity index (χ0n) is 15.2. The highest BCUT2D eigenvalue weighted by Gasteiger charge is 2.33. The lowest BCUT2D eigenvalue weighted by molar-refractivity contribution is -0.0578. The number of anilines is 1. The van der Waals surface area contributed by atoms with Gasteiger partial charge in [-0.3, -0.25) is 4.90 Å². The normalized spacial score (nSPS) is 21.1. The fraction of sp³-hybridized carbons (Fsp3) is 0.500. The summed E-state index contributed by atoms with van der Waals surface area (Å²) in [6.07, 6.45) is 3.64. The number of aryl methyl sites for hydroxylation is 3. The summed E-state index contributed by atoms with van der Waals surface area (Å²) in [6.45, 7) is 6.00. The molecule has 132 valence electrons. The van der Waals surface area contributed by atoms with E-state index < -0.39 is 0 Å². The maximum absolute atomic E-state index is 9.43. The smallest absolute Gasteiger partial charge is 0.144 e. The van der Waals surface area contributed by atoms with Crippen LogP contribution in [0.15, 0.2) is 18.6 Å². The molecular weight excluding hydrogens is 316 g/mol. The number of rotatable bonds is 4. The van der Waals surface area contributed by atoms with E-state index in [1.807, 2.05) is 44.1 Å². The molecule has 2 atom stereocenters. The van der Waals surface area contributed by atoms with Crippen LogP contribution >= 0.6 is 0 Å². The van der Waals surface area contributed by atoms with Crippen molar-refractivity contribution in [1.82, 2.24) is 19.4 Å². The van der Waals surface area contributed by atoms with Gasteiger partial charge in [-0.15, -0.1) is 0 Å². The molecule has 3 rings (SSSR count). The summed E-state index contributed by atoms with van der Waals surface area (Å²) in [4.78, 5) is 11.0. The Hall–Kier alpha value is -2.43. The maximum Gasteiger partial charge on any atom is 0.144 e. The Balaban J connectivity index is 1.82. The van der Waals surface area contributed by atoms with E-state index in [1.165, 1.54) is 0 Å². The predicted molar refractivity (Wildman–Crippen MR) is 95.2 cm³/mol. The number of pyridine rings is 1. The van der Waals surface area contributed by atoms with E-state index in [-0.39, 0.29) is 12.1 Å².